The van der Waals surface area contributed by atoms with Gasteiger partial charge in [0.1, 0.15) is 5.82 Å². The van der Waals surface area contributed by atoms with Gasteiger partial charge in [-0.1, -0.05) is 6.92 Å². The molecule has 2 aliphatic rings. The van der Waals surface area contributed by atoms with E-state index in [4.69, 9.17) is 0 Å². The first-order valence-corrected chi connectivity index (χ1v) is 11.5. The summed E-state index contributed by atoms with van der Waals surface area (Å²) in [7, 11) is 0. The highest BCUT2D eigenvalue weighted by Crippen LogP contribution is 2.33. The van der Waals surface area contributed by atoms with E-state index in [9.17, 15) is 23.1 Å². The highest BCUT2D eigenvalue weighted by atomic mass is 19.4. The van der Waals surface area contributed by atoms with Gasteiger partial charge < -0.3 is 15.7 Å². The molecule has 1 amide bonds. The number of pyridine rings is 2. The van der Waals surface area contributed by atoms with Gasteiger partial charge in [0, 0.05) is 36.9 Å². The minimum atomic E-state index is -4.50. The van der Waals surface area contributed by atoms with Crippen LogP contribution in [-0.2, 0) is 11.0 Å². The van der Waals surface area contributed by atoms with Crippen molar-refractivity contribution in [2.75, 3.05) is 25.0 Å². The summed E-state index contributed by atoms with van der Waals surface area (Å²) in [6.45, 7) is 3.52. The zero-order chi connectivity index (χ0) is 23.6. The highest BCUT2D eigenvalue weighted by Gasteiger charge is 2.36. The topological polar surface area (TPSA) is 90.4 Å². The Bertz CT molecular complexity index is 972. The number of likely N-dealkylation sites (tertiary alicyclic amines) is 1. The monoisotopic (exact) mass is 465 g/mol. The lowest BCUT2D eigenvalue weighted by Gasteiger charge is -2.47. The summed E-state index contributed by atoms with van der Waals surface area (Å²) >= 11 is 0. The smallest absolute Gasteiger partial charge is 0.393 e. The van der Waals surface area contributed by atoms with Crippen LogP contribution < -0.4 is 10.6 Å². The molecular weight excluding hydrogens is 435 g/mol. The van der Waals surface area contributed by atoms with Crippen LogP contribution >= 0.6 is 0 Å². The number of alkyl halides is 3. The average Bonchev–Trinajstić information content (AvgIpc) is 2.78. The SMILES string of the molecule is CCC(O)[C@H]1CC[C@H](N2CC(NC(=O)CNc3nccc4ncc(C(F)(F)F)cc34)C2)CC1. The fourth-order valence-electron chi connectivity index (χ4n) is 4.88. The molecule has 4 rings (SSSR count). The van der Waals surface area contributed by atoms with E-state index in [2.05, 4.69) is 25.5 Å². The minimum absolute atomic E-state index is 0.0669. The van der Waals surface area contributed by atoms with Crippen molar-refractivity contribution in [3.05, 3.63) is 30.1 Å². The summed E-state index contributed by atoms with van der Waals surface area (Å²) in [6.07, 6.45) is 2.57. The number of fused-ring (bicyclic) bond motifs is 1. The summed E-state index contributed by atoms with van der Waals surface area (Å²) in [5, 5.41) is 16.1. The van der Waals surface area contributed by atoms with Gasteiger partial charge in [-0.05, 0) is 50.2 Å². The molecule has 2 fully saturated rings. The zero-order valence-electron chi connectivity index (χ0n) is 18.6. The van der Waals surface area contributed by atoms with Crippen LogP contribution in [0.5, 0.6) is 0 Å². The minimum Gasteiger partial charge on any atom is -0.393 e. The predicted octanol–water partition coefficient (Wildman–Crippen LogP) is 3.19. The number of carbonyl (C=O) groups is 1. The van der Waals surface area contributed by atoms with Gasteiger partial charge in [-0.25, -0.2) is 4.98 Å². The van der Waals surface area contributed by atoms with Crippen LogP contribution in [0.1, 0.15) is 44.6 Å². The molecule has 1 unspecified atom stereocenters. The van der Waals surface area contributed by atoms with Crippen LogP contribution in [0.3, 0.4) is 0 Å². The molecular formula is C23H30F3N5O2. The van der Waals surface area contributed by atoms with E-state index >= 15 is 0 Å². The van der Waals surface area contributed by atoms with Crippen LogP contribution in [0.4, 0.5) is 19.0 Å². The molecule has 180 valence electrons. The lowest BCUT2D eigenvalue weighted by Crippen LogP contribution is -2.63. The maximum Gasteiger partial charge on any atom is 0.417 e. The first kappa shape index (κ1) is 23.7. The summed E-state index contributed by atoms with van der Waals surface area (Å²) in [5.41, 5.74) is -0.486. The standard InChI is InChI=1S/C23H30F3N5O2/c1-2-20(32)14-3-5-17(6-4-14)31-12-16(13-31)30-21(33)11-29-22-18-9-15(23(24,25)26)10-28-19(18)7-8-27-22/h7-10,14,16-17,20,32H,2-6,11-13H2,1H3,(H,27,29)(H,30,33)/t14-,17-,20?. The summed E-state index contributed by atoms with van der Waals surface area (Å²) in [6, 6.07) is 3.09. The van der Waals surface area contributed by atoms with Crippen LogP contribution in [0.15, 0.2) is 24.5 Å². The number of hydrogen-bond acceptors (Lipinski definition) is 6. The third-order valence-corrected chi connectivity index (χ3v) is 6.85. The van der Waals surface area contributed by atoms with Gasteiger partial charge in [0.25, 0.3) is 0 Å². The van der Waals surface area contributed by atoms with E-state index in [0.717, 1.165) is 57.5 Å². The van der Waals surface area contributed by atoms with Gasteiger partial charge in [0.15, 0.2) is 0 Å². The second-order valence-electron chi connectivity index (χ2n) is 9.06. The Morgan fingerprint density at radius 1 is 1.24 bits per heavy atom. The molecule has 1 aliphatic carbocycles. The van der Waals surface area contributed by atoms with Crippen molar-refractivity contribution in [1.29, 1.82) is 0 Å². The molecule has 7 nitrogen and oxygen atoms in total. The first-order chi connectivity index (χ1) is 15.7. The second kappa shape index (κ2) is 9.80. The Morgan fingerprint density at radius 3 is 2.64 bits per heavy atom. The number of hydrogen-bond donors (Lipinski definition) is 3. The normalized spacial score (nSPS) is 23.2. The molecule has 1 saturated carbocycles. The Labute approximate surface area is 190 Å². The van der Waals surface area contributed by atoms with Crippen molar-refractivity contribution in [3.8, 4) is 0 Å². The Hall–Kier alpha value is -2.46. The van der Waals surface area contributed by atoms with E-state index in [1.165, 1.54) is 12.3 Å². The average molecular weight is 466 g/mol. The zero-order valence-corrected chi connectivity index (χ0v) is 18.6. The predicted molar refractivity (Wildman–Crippen MR) is 119 cm³/mol. The van der Waals surface area contributed by atoms with Crippen molar-refractivity contribution in [3.63, 3.8) is 0 Å². The maximum absolute atomic E-state index is 13.0. The molecule has 2 aromatic heterocycles. The van der Waals surface area contributed by atoms with Gasteiger partial charge in [-0.2, -0.15) is 13.2 Å². The molecule has 1 aliphatic heterocycles. The Morgan fingerprint density at radius 2 is 1.97 bits per heavy atom. The molecule has 0 aromatic carbocycles. The fraction of sp³-hybridized carbons (Fsp3) is 0.609. The van der Waals surface area contributed by atoms with E-state index in [1.54, 1.807) is 0 Å². The van der Waals surface area contributed by atoms with Crippen molar-refractivity contribution in [1.82, 2.24) is 20.2 Å². The van der Waals surface area contributed by atoms with Crippen LogP contribution in [0, 0.1) is 5.92 Å². The first-order valence-electron chi connectivity index (χ1n) is 11.5. The van der Waals surface area contributed by atoms with Crippen LogP contribution in [0.2, 0.25) is 0 Å². The number of nitrogens with one attached hydrogen (secondary N) is 2. The number of aliphatic hydroxyl groups is 1. The van der Waals surface area contributed by atoms with Gasteiger partial charge in [-0.3, -0.25) is 14.7 Å². The number of nitrogens with zero attached hydrogens (tertiary/aromatic N) is 3. The van der Waals surface area contributed by atoms with E-state index < -0.39 is 11.7 Å². The molecule has 33 heavy (non-hydrogen) atoms. The highest BCUT2D eigenvalue weighted by molar-refractivity contribution is 5.91. The number of anilines is 1. The fourth-order valence-corrected chi connectivity index (χ4v) is 4.88. The molecule has 1 saturated heterocycles. The second-order valence-corrected chi connectivity index (χ2v) is 9.06. The molecule has 0 radical (unpaired) electrons. The number of amides is 1. The van der Waals surface area contributed by atoms with E-state index in [-0.39, 0.29) is 35.8 Å². The van der Waals surface area contributed by atoms with Crippen molar-refractivity contribution < 1.29 is 23.1 Å². The molecule has 3 heterocycles. The van der Waals surface area contributed by atoms with Gasteiger partial charge in [-0.15, -0.1) is 0 Å². The van der Waals surface area contributed by atoms with Gasteiger partial charge in [0.2, 0.25) is 5.91 Å². The van der Waals surface area contributed by atoms with Crippen LogP contribution in [0.25, 0.3) is 10.9 Å². The Kier molecular flexibility index (Phi) is 7.04. The Balaban J connectivity index is 1.24. The van der Waals surface area contributed by atoms with E-state index in [0.29, 0.717) is 17.5 Å². The molecule has 1 atom stereocenters. The third-order valence-electron chi connectivity index (χ3n) is 6.85. The molecule has 0 bridgehead atoms. The number of carbonyl (C=O) groups excluding carboxylic acids is 1. The van der Waals surface area contributed by atoms with Crippen molar-refractivity contribution in [2.24, 2.45) is 5.92 Å². The quantitative estimate of drug-likeness (QED) is 0.582. The van der Waals surface area contributed by atoms with Crippen molar-refractivity contribution >= 4 is 22.6 Å². The molecule has 2 aromatic rings. The van der Waals surface area contributed by atoms with Crippen molar-refractivity contribution in [2.45, 2.75) is 63.4 Å². The summed E-state index contributed by atoms with van der Waals surface area (Å²) < 4.78 is 39.1. The molecule has 10 heteroatoms. The largest absolute Gasteiger partial charge is 0.417 e. The number of aromatic nitrogens is 2. The lowest BCUT2D eigenvalue weighted by atomic mass is 9.80. The maximum atomic E-state index is 13.0. The van der Waals surface area contributed by atoms with Gasteiger partial charge >= 0.3 is 6.18 Å². The lowest BCUT2D eigenvalue weighted by molar-refractivity contribution is -0.137. The number of aliphatic hydroxyl groups excluding tert-OH is 1. The van der Waals surface area contributed by atoms with Gasteiger partial charge in [0.05, 0.1) is 29.8 Å². The summed E-state index contributed by atoms with van der Waals surface area (Å²) in [5.74, 6) is 0.370. The third kappa shape index (κ3) is 5.55. The molecule has 3 N–H and O–H groups in total. The number of rotatable bonds is 7. The van der Waals surface area contributed by atoms with E-state index in [1.807, 2.05) is 6.92 Å². The molecule has 0 spiro atoms. The van der Waals surface area contributed by atoms with Crippen LogP contribution in [-0.4, -0.2) is 63.7 Å². The summed E-state index contributed by atoms with van der Waals surface area (Å²) in [4.78, 5) is 22.7. The number of halogens is 3.